The van der Waals surface area contributed by atoms with Gasteiger partial charge in [-0.15, -0.1) is 0 Å². The zero-order valence-electron chi connectivity index (χ0n) is 11.9. The zero-order chi connectivity index (χ0) is 13.1. The van der Waals surface area contributed by atoms with Crippen LogP contribution in [-0.4, -0.2) is 0 Å². The third kappa shape index (κ3) is 1.60. The molecule has 2 fully saturated rings. The molecule has 0 heterocycles. The molecule has 1 aromatic carbocycles. The van der Waals surface area contributed by atoms with Crippen LogP contribution in [0.2, 0.25) is 0 Å². The maximum absolute atomic E-state index is 2.47. The van der Waals surface area contributed by atoms with Crippen LogP contribution >= 0.6 is 0 Å². The van der Waals surface area contributed by atoms with Crippen molar-refractivity contribution in [3.05, 3.63) is 59.7 Å². The van der Waals surface area contributed by atoms with Crippen molar-refractivity contribution in [2.75, 3.05) is 0 Å². The average Bonchev–Trinajstić information content (AvgIpc) is 3.27. The van der Waals surface area contributed by atoms with Gasteiger partial charge in [0.1, 0.15) is 0 Å². The Labute approximate surface area is 121 Å². The van der Waals surface area contributed by atoms with Crippen LogP contribution in [0.25, 0.3) is 0 Å². The summed E-state index contributed by atoms with van der Waals surface area (Å²) in [6.45, 7) is 0. The molecule has 0 heteroatoms. The lowest BCUT2D eigenvalue weighted by molar-refractivity contribution is 0.576. The molecule has 0 aliphatic heterocycles. The van der Waals surface area contributed by atoms with E-state index >= 15 is 0 Å². The van der Waals surface area contributed by atoms with E-state index in [0.29, 0.717) is 0 Å². The summed E-state index contributed by atoms with van der Waals surface area (Å²) in [6, 6.07) is 9.74. The van der Waals surface area contributed by atoms with Crippen LogP contribution in [0.1, 0.15) is 48.6 Å². The van der Waals surface area contributed by atoms with Crippen molar-refractivity contribution in [3.8, 4) is 0 Å². The van der Waals surface area contributed by atoms with Crippen molar-refractivity contribution in [1.82, 2.24) is 0 Å². The van der Waals surface area contributed by atoms with Gasteiger partial charge in [0.2, 0.25) is 0 Å². The molecule has 5 unspecified atom stereocenters. The number of allylic oxidation sites excluding steroid dienone is 4. The summed E-state index contributed by atoms with van der Waals surface area (Å²) in [4.78, 5) is 0. The molecule has 0 radical (unpaired) electrons. The van der Waals surface area contributed by atoms with Crippen molar-refractivity contribution < 1.29 is 0 Å². The van der Waals surface area contributed by atoms with E-state index in [0.717, 1.165) is 35.5 Å². The van der Waals surface area contributed by atoms with Gasteiger partial charge in [-0.25, -0.2) is 0 Å². The minimum absolute atomic E-state index is 0.805. The fourth-order valence-electron chi connectivity index (χ4n) is 5.32. The fourth-order valence-corrected chi connectivity index (χ4v) is 5.32. The summed E-state index contributed by atoms with van der Waals surface area (Å²) in [7, 11) is 0. The van der Waals surface area contributed by atoms with E-state index in [-0.39, 0.29) is 0 Å². The van der Waals surface area contributed by atoms with Gasteiger partial charge in [0.25, 0.3) is 0 Å². The molecule has 5 rings (SSSR count). The minimum atomic E-state index is 0.805. The summed E-state index contributed by atoms with van der Waals surface area (Å²) < 4.78 is 0. The number of benzene rings is 1. The molecule has 4 bridgehead atoms. The highest BCUT2D eigenvalue weighted by molar-refractivity contribution is 5.34. The topological polar surface area (TPSA) is 0 Å². The smallest absolute Gasteiger partial charge is 0.00932 e. The van der Waals surface area contributed by atoms with Crippen molar-refractivity contribution in [2.24, 2.45) is 23.7 Å². The van der Waals surface area contributed by atoms with Gasteiger partial charge in [0, 0.05) is 0 Å². The second-order valence-corrected chi connectivity index (χ2v) is 7.44. The predicted molar refractivity (Wildman–Crippen MR) is 82.6 cm³/mol. The van der Waals surface area contributed by atoms with Gasteiger partial charge in [-0.1, -0.05) is 48.6 Å². The van der Waals surface area contributed by atoms with Gasteiger partial charge >= 0.3 is 0 Å². The summed E-state index contributed by atoms with van der Waals surface area (Å²) >= 11 is 0. The summed E-state index contributed by atoms with van der Waals surface area (Å²) in [6.07, 6.45) is 15.4. The molecule has 6 atom stereocenters. The molecule has 0 saturated heterocycles. The van der Waals surface area contributed by atoms with E-state index in [1.54, 1.807) is 11.1 Å². The molecule has 1 aromatic rings. The quantitative estimate of drug-likeness (QED) is 0.655. The monoisotopic (exact) mass is 262 g/mol. The molecule has 4 aliphatic carbocycles. The molecule has 20 heavy (non-hydrogen) atoms. The van der Waals surface area contributed by atoms with E-state index in [1.807, 2.05) is 0 Å². The largest absolute Gasteiger partial charge is 0.0851 e. The number of fused-ring (bicyclic) bond motifs is 4. The molecule has 0 amide bonds. The van der Waals surface area contributed by atoms with Crippen LogP contribution < -0.4 is 0 Å². The first-order chi connectivity index (χ1) is 9.87. The Morgan fingerprint density at radius 2 is 1.00 bits per heavy atom. The van der Waals surface area contributed by atoms with Crippen molar-refractivity contribution >= 4 is 0 Å². The van der Waals surface area contributed by atoms with Crippen molar-refractivity contribution in [1.29, 1.82) is 0 Å². The second kappa shape index (κ2) is 4.10. The molecule has 0 N–H and O–H groups in total. The van der Waals surface area contributed by atoms with E-state index in [4.69, 9.17) is 0 Å². The third-order valence-electron chi connectivity index (χ3n) is 6.35. The molecular weight excluding hydrogens is 240 g/mol. The van der Waals surface area contributed by atoms with Gasteiger partial charge in [-0.05, 0) is 72.3 Å². The molecule has 102 valence electrons. The first-order valence-electron chi connectivity index (χ1n) is 8.33. The molecule has 0 nitrogen and oxygen atoms in total. The molecule has 0 aromatic heterocycles. The average molecular weight is 262 g/mol. The third-order valence-corrected chi connectivity index (χ3v) is 6.35. The SMILES string of the molecule is C1=CC2CC1CC2c1ccc([C@H]2CC3C=CC2C3)cc1. The molecule has 0 spiro atoms. The zero-order valence-corrected chi connectivity index (χ0v) is 11.9. The Balaban J connectivity index is 1.39. The maximum Gasteiger partial charge on any atom is -0.00932 e. The Morgan fingerprint density at radius 3 is 1.30 bits per heavy atom. The first kappa shape index (κ1) is 11.4. The normalized spacial score (nSPS) is 43.8. The Morgan fingerprint density at radius 1 is 0.550 bits per heavy atom. The van der Waals surface area contributed by atoms with Crippen LogP contribution in [-0.2, 0) is 0 Å². The van der Waals surface area contributed by atoms with Gasteiger partial charge in [-0.2, -0.15) is 0 Å². The highest BCUT2D eigenvalue weighted by Gasteiger charge is 2.38. The van der Waals surface area contributed by atoms with Crippen LogP contribution in [0.5, 0.6) is 0 Å². The van der Waals surface area contributed by atoms with Crippen LogP contribution in [0.3, 0.4) is 0 Å². The van der Waals surface area contributed by atoms with Crippen molar-refractivity contribution in [3.63, 3.8) is 0 Å². The minimum Gasteiger partial charge on any atom is -0.0851 e. The summed E-state index contributed by atoms with van der Waals surface area (Å²) in [5.74, 6) is 5.02. The first-order valence-corrected chi connectivity index (χ1v) is 8.33. The van der Waals surface area contributed by atoms with Gasteiger partial charge in [-0.3, -0.25) is 0 Å². The van der Waals surface area contributed by atoms with Gasteiger partial charge in [0.15, 0.2) is 0 Å². The highest BCUT2D eigenvalue weighted by atomic mass is 14.4. The van der Waals surface area contributed by atoms with E-state index in [9.17, 15) is 0 Å². The standard InChI is InChI=1S/C20H22/c1-3-17-9-13(1)11-19(17)15-5-7-16(8-6-15)20-12-14-2-4-18(20)10-14/h1-8,13-14,17-20H,9-12H2/t13?,14?,17?,18?,19-,20?/m1/s1. The highest BCUT2D eigenvalue weighted by Crippen LogP contribution is 2.50. The Bertz CT molecular complexity index is 524. The predicted octanol–water partition coefficient (Wildman–Crippen LogP) is 5.05. The van der Waals surface area contributed by atoms with E-state index in [1.165, 1.54) is 25.7 Å². The van der Waals surface area contributed by atoms with Crippen LogP contribution in [0.4, 0.5) is 0 Å². The second-order valence-electron chi connectivity index (χ2n) is 7.44. The van der Waals surface area contributed by atoms with Crippen LogP contribution in [0.15, 0.2) is 48.6 Å². The van der Waals surface area contributed by atoms with E-state index < -0.39 is 0 Å². The fraction of sp³-hybridized carbons (Fsp3) is 0.500. The van der Waals surface area contributed by atoms with Crippen molar-refractivity contribution in [2.45, 2.75) is 37.5 Å². The number of rotatable bonds is 2. The Kier molecular flexibility index (Phi) is 2.33. The number of hydrogen-bond acceptors (Lipinski definition) is 0. The maximum atomic E-state index is 2.47. The van der Waals surface area contributed by atoms with E-state index in [2.05, 4.69) is 48.6 Å². The number of hydrogen-bond donors (Lipinski definition) is 0. The van der Waals surface area contributed by atoms with Gasteiger partial charge in [0.05, 0.1) is 0 Å². The molecule has 4 aliphatic rings. The summed E-state index contributed by atoms with van der Waals surface area (Å²) in [5, 5.41) is 0. The molecular formula is C20H22. The van der Waals surface area contributed by atoms with Crippen LogP contribution in [0, 0.1) is 23.7 Å². The Hall–Kier alpha value is -1.30. The lowest BCUT2D eigenvalue weighted by atomic mass is 9.83. The lowest BCUT2D eigenvalue weighted by Crippen LogP contribution is -2.07. The molecule has 2 saturated carbocycles. The van der Waals surface area contributed by atoms with Gasteiger partial charge < -0.3 is 0 Å². The lowest BCUT2D eigenvalue weighted by Gasteiger charge is -2.21. The summed E-state index contributed by atoms with van der Waals surface area (Å²) in [5.41, 5.74) is 3.17.